The van der Waals surface area contributed by atoms with Gasteiger partial charge >= 0.3 is 0 Å². The maximum Gasteiger partial charge on any atom is 0.192 e. The standard InChI is InChI=1S/C19H18BrN3/c20-17(15-8-2-1-3-9-15)13-22-19(21)23-18-12-6-10-14-7-4-5-11-16(14)18/h1-12,17H,13H2,(H3,21,22,23). The third kappa shape index (κ3) is 3.90. The quantitative estimate of drug-likeness (QED) is 0.348. The number of rotatable bonds is 4. The highest BCUT2D eigenvalue weighted by Crippen LogP contribution is 2.23. The Morgan fingerprint density at radius 3 is 2.43 bits per heavy atom. The van der Waals surface area contributed by atoms with E-state index in [1.807, 2.05) is 42.5 Å². The maximum atomic E-state index is 8.11. The monoisotopic (exact) mass is 367 g/mol. The van der Waals surface area contributed by atoms with E-state index in [4.69, 9.17) is 5.41 Å². The van der Waals surface area contributed by atoms with Gasteiger partial charge in [0.05, 0.1) is 4.83 Å². The Morgan fingerprint density at radius 1 is 0.913 bits per heavy atom. The average molecular weight is 368 g/mol. The predicted octanol–water partition coefficient (Wildman–Crippen LogP) is 4.91. The summed E-state index contributed by atoms with van der Waals surface area (Å²) in [5.41, 5.74) is 2.13. The van der Waals surface area contributed by atoms with E-state index in [0.29, 0.717) is 12.5 Å². The summed E-state index contributed by atoms with van der Waals surface area (Å²) < 4.78 is 0. The summed E-state index contributed by atoms with van der Waals surface area (Å²) in [6.45, 7) is 0.639. The van der Waals surface area contributed by atoms with Crippen LogP contribution in [0.3, 0.4) is 0 Å². The van der Waals surface area contributed by atoms with Crippen molar-refractivity contribution in [2.24, 2.45) is 0 Å². The first-order valence-corrected chi connectivity index (χ1v) is 8.42. The summed E-state index contributed by atoms with van der Waals surface area (Å²) in [5, 5.41) is 16.6. The number of fused-ring (bicyclic) bond motifs is 1. The number of guanidine groups is 1. The second-order valence-electron chi connectivity index (χ2n) is 5.29. The third-order valence-corrected chi connectivity index (χ3v) is 4.52. The summed E-state index contributed by atoms with van der Waals surface area (Å²) in [6.07, 6.45) is 0. The van der Waals surface area contributed by atoms with Gasteiger partial charge in [0.2, 0.25) is 0 Å². The summed E-state index contributed by atoms with van der Waals surface area (Å²) >= 11 is 3.65. The van der Waals surface area contributed by atoms with Crippen molar-refractivity contribution in [3.8, 4) is 0 Å². The summed E-state index contributed by atoms with van der Waals surface area (Å²) in [7, 11) is 0. The molecule has 0 amide bonds. The van der Waals surface area contributed by atoms with Gasteiger partial charge in [0, 0.05) is 17.6 Å². The molecule has 1 unspecified atom stereocenters. The molecule has 116 valence electrons. The van der Waals surface area contributed by atoms with E-state index < -0.39 is 0 Å². The Hall–Kier alpha value is -2.33. The minimum Gasteiger partial charge on any atom is -0.355 e. The molecule has 3 rings (SSSR count). The van der Waals surface area contributed by atoms with Gasteiger partial charge in [-0.25, -0.2) is 0 Å². The van der Waals surface area contributed by atoms with E-state index in [1.54, 1.807) is 0 Å². The molecular weight excluding hydrogens is 350 g/mol. The van der Waals surface area contributed by atoms with Crippen molar-refractivity contribution in [1.29, 1.82) is 5.41 Å². The first kappa shape index (κ1) is 15.6. The van der Waals surface area contributed by atoms with Gasteiger partial charge in [0.1, 0.15) is 0 Å². The van der Waals surface area contributed by atoms with Crippen LogP contribution < -0.4 is 10.6 Å². The fraction of sp³-hybridized carbons (Fsp3) is 0.105. The van der Waals surface area contributed by atoms with Gasteiger partial charge in [-0.05, 0) is 17.0 Å². The van der Waals surface area contributed by atoms with Crippen molar-refractivity contribution in [1.82, 2.24) is 5.32 Å². The molecule has 0 fully saturated rings. The van der Waals surface area contributed by atoms with E-state index in [9.17, 15) is 0 Å². The fourth-order valence-electron chi connectivity index (χ4n) is 2.48. The molecule has 0 aliphatic heterocycles. The third-order valence-electron chi connectivity index (χ3n) is 3.67. The van der Waals surface area contributed by atoms with E-state index in [-0.39, 0.29) is 4.83 Å². The molecule has 0 saturated heterocycles. The number of hydrogen-bond donors (Lipinski definition) is 3. The van der Waals surface area contributed by atoms with Crippen LogP contribution >= 0.6 is 15.9 Å². The van der Waals surface area contributed by atoms with Gasteiger partial charge in [-0.3, -0.25) is 5.41 Å². The molecule has 0 radical (unpaired) electrons. The molecule has 4 heteroatoms. The van der Waals surface area contributed by atoms with Crippen molar-refractivity contribution in [2.45, 2.75) is 4.83 Å². The Morgan fingerprint density at radius 2 is 1.61 bits per heavy atom. The maximum absolute atomic E-state index is 8.11. The molecule has 0 spiro atoms. The largest absolute Gasteiger partial charge is 0.355 e. The van der Waals surface area contributed by atoms with Gasteiger partial charge in [-0.1, -0.05) is 82.7 Å². The second kappa shape index (κ2) is 7.29. The van der Waals surface area contributed by atoms with Crippen molar-refractivity contribution in [2.75, 3.05) is 11.9 Å². The minimum absolute atomic E-state index is 0.165. The van der Waals surface area contributed by atoms with Crippen LogP contribution in [-0.2, 0) is 0 Å². The molecule has 3 aromatic rings. The number of nitrogens with one attached hydrogen (secondary N) is 3. The molecule has 0 heterocycles. The van der Waals surface area contributed by atoms with Crippen LogP contribution in [0.4, 0.5) is 5.69 Å². The topological polar surface area (TPSA) is 47.9 Å². The highest BCUT2D eigenvalue weighted by atomic mass is 79.9. The van der Waals surface area contributed by atoms with Crippen LogP contribution in [0.1, 0.15) is 10.4 Å². The minimum atomic E-state index is 0.165. The molecule has 3 nitrogen and oxygen atoms in total. The van der Waals surface area contributed by atoms with Gasteiger partial charge in [-0.2, -0.15) is 0 Å². The second-order valence-corrected chi connectivity index (χ2v) is 6.39. The number of benzene rings is 3. The van der Waals surface area contributed by atoms with Gasteiger partial charge in [-0.15, -0.1) is 0 Å². The van der Waals surface area contributed by atoms with Crippen LogP contribution in [0.2, 0.25) is 0 Å². The molecule has 0 aliphatic rings. The number of alkyl halides is 1. The predicted molar refractivity (Wildman–Crippen MR) is 101 cm³/mol. The van der Waals surface area contributed by atoms with Gasteiger partial charge < -0.3 is 10.6 Å². The summed E-state index contributed by atoms with van der Waals surface area (Å²) in [6, 6.07) is 24.4. The lowest BCUT2D eigenvalue weighted by molar-refractivity contribution is 0.852. The molecule has 0 aromatic heterocycles. The zero-order valence-electron chi connectivity index (χ0n) is 12.6. The molecule has 0 bridgehead atoms. The van der Waals surface area contributed by atoms with E-state index in [2.05, 4.69) is 56.9 Å². The average Bonchev–Trinajstić information content (AvgIpc) is 2.61. The van der Waals surface area contributed by atoms with Crippen LogP contribution in [0, 0.1) is 5.41 Å². The molecule has 3 aromatic carbocycles. The smallest absolute Gasteiger partial charge is 0.192 e. The normalized spacial score (nSPS) is 11.9. The zero-order valence-corrected chi connectivity index (χ0v) is 14.2. The highest BCUT2D eigenvalue weighted by molar-refractivity contribution is 9.09. The molecule has 1 atom stereocenters. The van der Waals surface area contributed by atoms with E-state index >= 15 is 0 Å². The van der Waals surface area contributed by atoms with Crippen LogP contribution in [-0.4, -0.2) is 12.5 Å². The van der Waals surface area contributed by atoms with E-state index in [0.717, 1.165) is 16.5 Å². The molecule has 23 heavy (non-hydrogen) atoms. The lowest BCUT2D eigenvalue weighted by atomic mass is 10.1. The number of halogens is 1. The van der Waals surface area contributed by atoms with Gasteiger partial charge in [0.15, 0.2) is 5.96 Å². The van der Waals surface area contributed by atoms with Crippen LogP contribution in [0.5, 0.6) is 0 Å². The molecule has 3 N–H and O–H groups in total. The summed E-state index contributed by atoms with van der Waals surface area (Å²) in [4.78, 5) is 0.165. The van der Waals surface area contributed by atoms with Crippen LogP contribution in [0.25, 0.3) is 10.8 Å². The van der Waals surface area contributed by atoms with E-state index in [1.165, 1.54) is 5.56 Å². The van der Waals surface area contributed by atoms with Crippen molar-refractivity contribution in [3.05, 3.63) is 78.4 Å². The Bertz CT molecular complexity index is 797. The SMILES string of the molecule is N=C(NCC(Br)c1ccccc1)Nc1cccc2ccccc12. The Kier molecular flexibility index (Phi) is 4.93. The highest BCUT2D eigenvalue weighted by Gasteiger charge is 2.08. The number of anilines is 1. The van der Waals surface area contributed by atoms with Crippen molar-refractivity contribution in [3.63, 3.8) is 0 Å². The Labute approximate surface area is 144 Å². The van der Waals surface area contributed by atoms with Crippen molar-refractivity contribution >= 4 is 38.3 Å². The first-order chi connectivity index (χ1) is 11.2. The summed E-state index contributed by atoms with van der Waals surface area (Å²) in [5.74, 6) is 0.293. The first-order valence-electron chi connectivity index (χ1n) is 7.50. The Balaban J connectivity index is 1.63. The lowest BCUT2D eigenvalue weighted by Gasteiger charge is -2.15. The fourth-order valence-corrected chi connectivity index (χ4v) is 2.95. The molecular formula is C19H18BrN3. The molecule has 0 saturated carbocycles. The molecule has 0 aliphatic carbocycles. The zero-order chi connectivity index (χ0) is 16.1. The van der Waals surface area contributed by atoms with Crippen LogP contribution in [0.15, 0.2) is 72.8 Å². The lowest BCUT2D eigenvalue weighted by Crippen LogP contribution is -2.32. The van der Waals surface area contributed by atoms with Crippen molar-refractivity contribution < 1.29 is 0 Å². The number of hydrogen-bond acceptors (Lipinski definition) is 1. The van der Waals surface area contributed by atoms with Gasteiger partial charge in [0.25, 0.3) is 0 Å².